The molecule has 102 valence electrons. The van der Waals surface area contributed by atoms with Crippen LogP contribution in [0.25, 0.3) is 0 Å². The Balaban J connectivity index is 2.28. The third-order valence-electron chi connectivity index (χ3n) is 5.48. The highest BCUT2D eigenvalue weighted by atomic mass is 14.6. The molecular weight excluding hydrogens is 204 g/mol. The van der Waals surface area contributed by atoms with E-state index in [1.54, 1.807) is 0 Å². The zero-order valence-corrected chi connectivity index (χ0v) is 13.1. The predicted octanol–water partition coefficient (Wildman–Crippen LogP) is 6.06. The molecule has 3 unspecified atom stereocenters. The van der Waals surface area contributed by atoms with Gasteiger partial charge in [-0.15, -0.1) is 0 Å². The first-order valence-electron chi connectivity index (χ1n) is 7.87. The van der Waals surface area contributed by atoms with Gasteiger partial charge in [-0.3, -0.25) is 0 Å². The summed E-state index contributed by atoms with van der Waals surface area (Å²) in [5, 5.41) is 0. The molecule has 0 aromatic carbocycles. The average Bonchev–Trinajstić information content (AvgIpc) is 2.71. The summed E-state index contributed by atoms with van der Waals surface area (Å²) in [5.74, 6) is 2.01. The van der Waals surface area contributed by atoms with Gasteiger partial charge in [0.05, 0.1) is 0 Å². The van der Waals surface area contributed by atoms with E-state index in [0.717, 1.165) is 11.8 Å². The molecule has 0 nitrogen and oxygen atoms in total. The molecule has 3 atom stereocenters. The lowest BCUT2D eigenvalue weighted by Gasteiger charge is -2.25. The van der Waals surface area contributed by atoms with Crippen molar-refractivity contribution in [2.24, 2.45) is 22.7 Å². The lowest BCUT2D eigenvalue weighted by molar-refractivity contribution is 0.274. The number of hydrogen-bond donors (Lipinski definition) is 0. The third kappa shape index (κ3) is 3.73. The first-order chi connectivity index (χ1) is 7.87. The predicted molar refractivity (Wildman–Crippen MR) is 78.2 cm³/mol. The van der Waals surface area contributed by atoms with Gasteiger partial charge in [0, 0.05) is 0 Å². The standard InChI is InChI=1S/C17H34/c1-7-10-15-14(3)17(15,6)13-9-12-16(4,5)11-8-2/h14-15H,7-13H2,1-6H3. The van der Waals surface area contributed by atoms with Crippen LogP contribution >= 0.6 is 0 Å². The first-order valence-corrected chi connectivity index (χ1v) is 7.87. The van der Waals surface area contributed by atoms with E-state index in [2.05, 4.69) is 41.5 Å². The molecule has 1 saturated carbocycles. The van der Waals surface area contributed by atoms with Crippen LogP contribution in [0, 0.1) is 22.7 Å². The maximum atomic E-state index is 2.53. The largest absolute Gasteiger partial charge is 0.0654 e. The molecule has 0 aromatic rings. The van der Waals surface area contributed by atoms with Crippen LogP contribution in [0.15, 0.2) is 0 Å². The fourth-order valence-electron chi connectivity index (χ4n) is 3.96. The Morgan fingerprint density at radius 2 is 1.71 bits per heavy atom. The second kappa shape index (κ2) is 5.76. The van der Waals surface area contributed by atoms with Gasteiger partial charge in [-0.1, -0.05) is 60.8 Å². The molecule has 0 heterocycles. The Bertz CT molecular complexity index is 228. The van der Waals surface area contributed by atoms with Gasteiger partial charge >= 0.3 is 0 Å². The normalized spacial score (nSPS) is 32.8. The Morgan fingerprint density at radius 3 is 2.24 bits per heavy atom. The van der Waals surface area contributed by atoms with E-state index < -0.39 is 0 Å². The summed E-state index contributed by atoms with van der Waals surface area (Å²) in [6, 6.07) is 0. The molecule has 0 saturated heterocycles. The van der Waals surface area contributed by atoms with Crippen molar-refractivity contribution in [1.82, 2.24) is 0 Å². The van der Waals surface area contributed by atoms with E-state index >= 15 is 0 Å². The summed E-state index contributed by atoms with van der Waals surface area (Å²) >= 11 is 0. The molecule has 0 aliphatic heterocycles. The molecule has 0 spiro atoms. The second-order valence-electron chi connectivity index (χ2n) is 7.46. The first kappa shape index (κ1) is 15.1. The Morgan fingerprint density at radius 1 is 1.06 bits per heavy atom. The lowest BCUT2D eigenvalue weighted by atomic mass is 9.81. The van der Waals surface area contributed by atoms with Crippen LogP contribution in [0.3, 0.4) is 0 Å². The summed E-state index contributed by atoms with van der Waals surface area (Å²) in [5.41, 5.74) is 1.27. The summed E-state index contributed by atoms with van der Waals surface area (Å²) in [4.78, 5) is 0. The summed E-state index contributed by atoms with van der Waals surface area (Å²) in [6.07, 6.45) is 9.86. The molecule has 17 heavy (non-hydrogen) atoms. The quantitative estimate of drug-likeness (QED) is 0.482. The van der Waals surface area contributed by atoms with E-state index in [-0.39, 0.29) is 0 Å². The Hall–Kier alpha value is 0. The molecule has 1 aliphatic rings. The van der Waals surface area contributed by atoms with Crippen LogP contribution in [0.2, 0.25) is 0 Å². The van der Waals surface area contributed by atoms with Crippen molar-refractivity contribution in [3.05, 3.63) is 0 Å². The van der Waals surface area contributed by atoms with Crippen molar-refractivity contribution in [2.45, 2.75) is 86.5 Å². The van der Waals surface area contributed by atoms with E-state index in [4.69, 9.17) is 0 Å². The van der Waals surface area contributed by atoms with Gasteiger partial charge in [0.15, 0.2) is 0 Å². The summed E-state index contributed by atoms with van der Waals surface area (Å²) in [7, 11) is 0. The minimum absolute atomic E-state index is 0.573. The topological polar surface area (TPSA) is 0 Å². The van der Waals surface area contributed by atoms with Crippen LogP contribution in [0.4, 0.5) is 0 Å². The molecule has 1 aliphatic carbocycles. The van der Waals surface area contributed by atoms with E-state index in [9.17, 15) is 0 Å². The van der Waals surface area contributed by atoms with Crippen LogP contribution in [-0.2, 0) is 0 Å². The van der Waals surface area contributed by atoms with Crippen molar-refractivity contribution in [3.63, 3.8) is 0 Å². The zero-order valence-electron chi connectivity index (χ0n) is 13.1. The highest BCUT2D eigenvalue weighted by molar-refractivity contribution is 5.04. The minimum atomic E-state index is 0.573. The Labute approximate surface area is 110 Å². The van der Waals surface area contributed by atoms with Crippen LogP contribution in [0.5, 0.6) is 0 Å². The van der Waals surface area contributed by atoms with E-state index in [0.29, 0.717) is 10.8 Å². The third-order valence-corrected chi connectivity index (χ3v) is 5.48. The lowest BCUT2D eigenvalue weighted by Crippen LogP contribution is -2.12. The molecule has 0 bridgehead atoms. The van der Waals surface area contributed by atoms with Gasteiger partial charge in [-0.2, -0.15) is 0 Å². The van der Waals surface area contributed by atoms with Gasteiger partial charge in [-0.05, 0) is 48.3 Å². The van der Waals surface area contributed by atoms with Gasteiger partial charge in [0.1, 0.15) is 0 Å². The highest BCUT2D eigenvalue weighted by Crippen LogP contribution is 2.63. The summed E-state index contributed by atoms with van der Waals surface area (Å²) in [6.45, 7) is 14.5. The van der Waals surface area contributed by atoms with Crippen molar-refractivity contribution in [2.75, 3.05) is 0 Å². The second-order valence-corrected chi connectivity index (χ2v) is 7.46. The molecule has 0 radical (unpaired) electrons. The van der Waals surface area contributed by atoms with Gasteiger partial charge in [-0.25, -0.2) is 0 Å². The molecule has 0 N–H and O–H groups in total. The Kier molecular flexibility index (Phi) is 5.10. The maximum absolute atomic E-state index is 2.53. The average molecular weight is 238 g/mol. The monoisotopic (exact) mass is 238 g/mol. The van der Waals surface area contributed by atoms with Gasteiger partial charge in [0.25, 0.3) is 0 Å². The molecule has 1 fully saturated rings. The van der Waals surface area contributed by atoms with Crippen molar-refractivity contribution < 1.29 is 0 Å². The smallest absolute Gasteiger partial charge is 0.0266 e. The fraction of sp³-hybridized carbons (Fsp3) is 1.00. The number of hydrogen-bond acceptors (Lipinski definition) is 0. The van der Waals surface area contributed by atoms with E-state index in [1.807, 2.05) is 0 Å². The maximum Gasteiger partial charge on any atom is -0.0266 e. The van der Waals surface area contributed by atoms with Crippen LogP contribution < -0.4 is 0 Å². The molecule has 1 rings (SSSR count). The molecule has 0 amide bonds. The van der Waals surface area contributed by atoms with Crippen LogP contribution in [-0.4, -0.2) is 0 Å². The number of rotatable bonds is 8. The van der Waals surface area contributed by atoms with Crippen molar-refractivity contribution in [3.8, 4) is 0 Å². The zero-order chi connectivity index (χ0) is 13.1. The minimum Gasteiger partial charge on any atom is -0.0654 e. The highest BCUT2D eigenvalue weighted by Gasteiger charge is 2.56. The molecular formula is C17H34. The molecule has 0 aromatic heterocycles. The summed E-state index contributed by atoms with van der Waals surface area (Å²) < 4.78 is 0. The molecule has 0 heteroatoms. The van der Waals surface area contributed by atoms with Gasteiger partial charge < -0.3 is 0 Å². The SMILES string of the molecule is CCCC1C(C)C1(C)CCCC(C)(C)CCC. The fourth-order valence-corrected chi connectivity index (χ4v) is 3.96. The van der Waals surface area contributed by atoms with Crippen molar-refractivity contribution >= 4 is 0 Å². The van der Waals surface area contributed by atoms with Crippen molar-refractivity contribution in [1.29, 1.82) is 0 Å². The van der Waals surface area contributed by atoms with Crippen LogP contribution in [0.1, 0.15) is 86.5 Å². The van der Waals surface area contributed by atoms with E-state index in [1.165, 1.54) is 44.9 Å². The van der Waals surface area contributed by atoms with Gasteiger partial charge in [0.2, 0.25) is 0 Å².